The molecule has 1 aromatic rings. The Hall–Kier alpha value is -1.28. The SMILES string of the molecule is C=C(CN)COc1ccc(C)c(C)c1. The second-order valence-corrected chi connectivity index (χ2v) is 3.49. The van der Waals surface area contributed by atoms with Crippen molar-refractivity contribution in [2.75, 3.05) is 13.2 Å². The van der Waals surface area contributed by atoms with Crippen LogP contribution in [0.4, 0.5) is 0 Å². The molecule has 0 spiro atoms. The Bertz CT molecular complexity index is 331. The number of rotatable bonds is 4. The van der Waals surface area contributed by atoms with Crippen LogP contribution in [-0.4, -0.2) is 13.2 Å². The van der Waals surface area contributed by atoms with Gasteiger partial charge in [0.2, 0.25) is 0 Å². The van der Waals surface area contributed by atoms with Gasteiger partial charge >= 0.3 is 0 Å². The first-order valence-electron chi connectivity index (χ1n) is 4.70. The lowest BCUT2D eigenvalue weighted by molar-refractivity contribution is 0.350. The largest absolute Gasteiger partial charge is 0.489 e. The summed E-state index contributed by atoms with van der Waals surface area (Å²) in [6.07, 6.45) is 0. The minimum atomic E-state index is 0.477. The van der Waals surface area contributed by atoms with Gasteiger partial charge in [0.05, 0.1) is 0 Å². The summed E-state index contributed by atoms with van der Waals surface area (Å²) in [6, 6.07) is 6.04. The van der Waals surface area contributed by atoms with Gasteiger partial charge in [-0.2, -0.15) is 0 Å². The van der Waals surface area contributed by atoms with Crippen LogP contribution >= 0.6 is 0 Å². The van der Waals surface area contributed by atoms with Gasteiger partial charge in [-0.25, -0.2) is 0 Å². The maximum Gasteiger partial charge on any atom is 0.120 e. The highest BCUT2D eigenvalue weighted by Gasteiger charge is 1.97. The molecule has 0 saturated heterocycles. The van der Waals surface area contributed by atoms with Crippen LogP contribution in [0, 0.1) is 13.8 Å². The topological polar surface area (TPSA) is 35.2 Å². The third kappa shape index (κ3) is 2.89. The summed E-state index contributed by atoms with van der Waals surface area (Å²) in [6.45, 7) is 8.90. The van der Waals surface area contributed by atoms with Gasteiger partial charge in [-0.05, 0) is 42.7 Å². The van der Waals surface area contributed by atoms with E-state index in [1.807, 2.05) is 12.1 Å². The molecular weight excluding hydrogens is 174 g/mol. The quantitative estimate of drug-likeness (QED) is 0.740. The van der Waals surface area contributed by atoms with Crippen molar-refractivity contribution in [1.29, 1.82) is 0 Å². The lowest BCUT2D eigenvalue weighted by Gasteiger charge is -2.08. The van der Waals surface area contributed by atoms with Crippen LogP contribution in [0.5, 0.6) is 5.75 Å². The van der Waals surface area contributed by atoms with Gasteiger partial charge in [0, 0.05) is 6.54 Å². The molecule has 76 valence electrons. The van der Waals surface area contributed by atoms with E-state index in [0.717, 1.165) is 11.3 Å². The second kappa shape index (κ2) is 4.82. The number of aryl methyl sites for hydroxylation is 2. The van der Waals surface area contributed by atoms with E-state index < -0.39 is 0 Å². The Labute approximate surface area is 85.4 Å². The van der Waals surface area contributed by atoms with Crippen molar-refractivity contribution in [1.82, 2.24) is 0 Å². The van der Waals surface area contributed by atoms with E-state index in [0.29, 0.717) is 13.2 Å². The third-order valence-corrected chi connectivity index (χ3v) is 2.21. The highest BCUT2D eigenvalue weighted by Crippen LogP contribution is 2.16. The molecule has 0 radical (unpaired) electrons. The fourth-order valence-corrected chi connectivity index (χ4v) is 1.05. The molecule has 1 aromatic carbocycles. The molecule has 2 nitrogen and oxygen atoms in total. The fourth-order valence-electron chi connectivity index (χ4n) is 1.05. The fraction of sp³-hybridized carbons (Fsp3) is 0.333. The summed E-state index contributed by atoms with van der Waals surface area (Å²) < 4.78 is 5.51. The molecule has 14 heavy (non-hydrogen) atoms. The monoisotopic (exact) mass is 191 g/mol. The van der Waals surface area contributed by atoms with Gasteiger partial charge in [-0.15, -0.1) is 0 Å². The Morgan fingerprint density at radius 1 is 1.36 bits per heavy atom. The van der Waals surface area contributed by atoms with Crippen molar-refractivity contribution < 1.29 is 4.74 Å². The average molecular weight is 191 g/mol. The molecule has 2 heteroatoms. The van der Waals surface area contributed by atoms with Gasteiger partial charge in [0.25, 0.3) is 0 Å². The van der Waals surface area contributed by atoms with Crippen LogP contribution in [-0.2, 0) is 0 Å². The predicted molar refractivity (Wildman–Crippen MR) is 59.6 cm³/mol. The second-order valence-electron chi connectivity index (χ2n) is 3.49. The molecule has 0 fully saturated rings. The first kappa shape index (κ1) is 10.8. The van der Waals surface area contributed by atoms with E-state index in [-0.39, 0.29) is 0 Å². The number of hydrogen-bond acceptors (Lipinski definition) is 2. The predicted octanol–water partition coefficient (Wildman–Crippen LogP) is 2.20. The molecule has 0 aromatic heterocycles. The molecule has 0 aliphatic rings. The van der Waals surface area contributed by atoms with Gasteiger partial charge in [0.15, 0.2) is 0 Å². The Balaban J connectivity index is 2.60. The van der Waals surface area contributed by atoms with E-state index in [9.17, 15) is 0 Å². The van der Waals surface area contributed by atoms with Crippen molar-refractivity contribution in [3.05, 3.63) is 41.5 Å². The molecular formula is C12H17NO. The number of hydrogen-bond donors (Lipinski definition) is 1. The summed E-state index contributed by atoms with van der Waals surface area (Å²) >= 11 is 0. The standard InChI is InChI=1S/C12H17NO/c1-9(7-13)8-14-12-5-4-10(2)11(3)6-12/h4-6H,1,7-8,13H2,2-3H3. The smallest absolute Gasteiger partial charge is 0.120 e. The van der Waals surface area contributed by atoms with Crippen LogP contribution in [0.25, 0.3) is 0 Å². The normalized spacial score (nSPS) is 9.93. The molecule has 0 aliphatic carbocycles. The minimum Gasteiger partial charge on any atom is -0.489 e. The maximum atomic E-state index is 5.51. The van der Waals surface area contributed by atoms with Crippen molar-refractivity contribution in [2.24, 2.45) is 5.73 Å². The molecule has 0 bridgehead atoms. The Morgan fingerprint density at radius 2 is 2.07 bits per heavy atom. The third-order valence-electron chi connectivity index (χ3n) is 2.21. The van der Waals surface area contributed by atoms with Crippen LogP contribution in [0.3, 0.4) is 0 Å². The Kier molecular flexibility index (Phi) is 3.72. The molecule has 0 unspecified atom stereocenters. The number of nitrogens with two attached hydrogens (primary N) is 1. The van der Waals surface area contributed by atoms with Gasteiger partial charge in [-0.3, -0.25) is 0 Å². The zero-order chi connectivity index (χ0) is 10.6. The zero-order valence-corrected chi connectivity index (χ0v) is 8.84. The first-order valence-corrected chi connectivity index (χ1v) is 4.70. The molecule has 0 aliphatic heterocycles. The van der Waals surface area contributed by atoms with E-state index in [4.69, 9.17) is 10.5 Å². The summed E-state index contributed by atoms with van der Waals surface area (Å²) in [4.78, 5) is 0. The van der Waals surface area contributed by atoms with Gasteiger partial charge in [-0.1, -0.05) is 12.6 Å². The lowest BCUT2D eigenvalue weighted by Crippen LogP contribution is -2.09. The molecule has 0 atom stereocenters. The molecule has 0 amide bonds. The molecule has 0 heterocycles. The molecule has 1 rings (SSSR count). The first-order chi connectivity index (χ1) is 6.63. The summed E-state index contributed by atoms with van der Waals surface area (Å²) in [7, 11) is 0. The van der Waals surface area contributed by atoms with Crippen molar-refractivity contribution in [2.45, 2.75) is 13.8 Å². The average Bonchev–Trinajstić information content (AvgIpc) is 2.19. The lowest BCUT2D eigenvalue weighted by atomic mass is 10.1. The highest BCUT2D eigenvalue weighted by molar-refractivity contribution is 5.34. The maximum absolute atomic E-state index is 5.51. The molecule has 2 N–H and O–H groups in total. The molecule has 0 saturated carbocycles. The highest BCUT2D eigenvalue weighted by atomic mass is 16.5. The van der Waals surface area contributed by atoms with Gasteiger partial charge < -0.3 is 10.5 Å². The number of ether oxygens (including phenoxy) is 1. The van der Waals surface area contributed by atoms with E-state index in [1.54, 1.807) is 0 Å². The van der Waals surface area contributed by atoms with E-state index >= 15 is 0 Å². The van der Waals surface area contributed by atoms with Crippen LogP contribution in [0.2, 0.25) is 0 Å². The van der Waals surface area contributed by atoms with Crippen LogP contribution in [0.1, 0.15) is 11.1 Å². The van der Waals surface area contributed by atoms with Gasteiger partial charge in [0.1, 0.15) is 12.4 Å². The summed E-state index contributed by atoms with van der Waals surface area (Å²) in [5, 5.41) is 0. The van der Waals surface area contributed by atoms with Crippen LogP contribution < -0.4 is 10.5 Å². The van der Waals surface area contributed by atoms with Crippen molar-refractivity contribution in [3.63, 3.8) is 0 Å². The summed E-state index contributed by atoms with van der Waals surface area (Å²) in [5.41, 5.74) is 8.83. The van der Waals surface area contributed by atoms with Crippen molar-refractivity contribution in [3.8, 4) is 5.75 Å². The van der Waals surface area contributed by atoms with E-state index in [2.05, 4.69) is 26.5 Å². The number of benzene rings is 1. The zero-order valence-electron chi connectivity index (χ0n) is 8.84. The Morgan fingerprint density at radius 3 is 2.64 bits per heavy atom. The summed E-state index contributed by atoms with van der Waals surface area (Å²) in [5.74, 6) is 0.878. The minimum absolute atomic E-state index is 0.477. The van der Waals surface area contributed by atoms with Crippen LogP contribution in [0.15, 0.2) is 30.4 Å². The van der Waals surface area contributed by atoms with E-state index in [1.165, 1.54) is 11.1 Å². The van der Waals surface area contributed by atoms with Crippen molar-refractivity contribution >= 4 is 0 Å².